The number of halogens is 1. The number of nitrogens with one attached hydrogen (secondary N) is 1. The summed E-state index contributed by atoms with van der Waals surface area (Å²) >= 11 is 0. The molecule has 3 N–H and O–H groups in total. The average Bonchev–Trinajstić information content (AvgIpc) is 2.79. The molecule has 1 spiro atoms. The maximum Gasteiger partial charge on any atom is 0.251 e. The first-order valence-corrected chi connectivity index (χ1v) is 11.0. The Morgan fingerprint density at radius 3 is 2.61 bits per heavy atom. The Bertz CT molecular complexity index is 1170. The molecule has 1 aromatic heterocycles. The summed E-state index contributed by atoms with van der Waals surface area (Å²) in [5, 5.41) is 3.13. The van der Waals surface area contributed by atoms with Gasteiger partial charge >= 0.3 is 0 Å². The normalized spacial score (nSPS) is 18.9. The van der Waals surface area contributed by atoms with Gasteiger partial charge in [-0.25, -0.2) is 14.4 Å². The Morgan fingerprint density at radius 2 is 1.88 bits per heavy atom. The molecule has 170 valence electrons. The van der Waals surface area contributed by atoms with Gasteiger partial charge < -0.3 is 20.5 Å². The maximum atomic E-state index is 13.9. The van der Waals surface area contributed by atoms with Gasteiger partial charge in [0, 0.05) is 48.3 Å². The minimum atomic E-state index is -0.431. The summed E-state index contributed by atoms with van der Waals surface area (Å²) in [6.45, 7) is 2.99. The molecule has 3 aromatic rings. The molecule has 2 aliphatic rings. The van der Waals surface area contributed by atoms with Crippen LogP contribution in [0.5, 0.6) is 5.75 Å². The van der Waals surface area contributed by atoms with Crippen molar-refractivity contribution in [2.45, 2.75) is 37.8 Å². The third-order valence-corrected chi connectivity index (χ3v) is 6.31. The lowest BCUT2D eigenvalue weighted by Gasteiger charge is -2.44. The summed E-state index contributed by atoms with van der Waals surface area (Å²) < 4.78 is 26.0. The monoisotopic (exact) mass is 448 g/mol. The van der Waals surface area contributed by atoms with Crippen LogP contribution in [0.1, 0.15) is 46.8 Å². The minimum Gasteiger partial charge on any atom is -0.487 e. The first kappa shape index (κ1) is 21.3. The van der Waals surface area contributed by atoms with E-state index in [1.807, 2.05) is 18.2 Å². The third kappa shape index (κ3) is 4.39. The van der Waals surface area contributed by atoms with Crippen molar-refractivity contribution in [3.8, 4) is 16.9 Å². The smallest absolute Gasteiger partial charge is 0.251 e. The molecule has 0 bridgehead atoms. The quantitative estimate of drug-likeness (QED) is 0.629. The highest BCUT2D eigenvalue weighted by Gasteiger charge is 2.43. The SMILES string of the molecule is Cc1cc(F)cc(C(=O)NC2CC3(CCOCC3)Oc3ccc(-c4cnc(N)nc4)cc32)c1. The molecule has 0 saturated carbocycles. The van der Waals surface area contributed by atoms with Gasteiger partial charge in [0.2, 0.25) is 5.95 Å². The Labute approximate surface area is 191 Å². The van der Waals surface area contributed by atoms with Crippen molar-refractivity contribution >= 4 is 11.9 Å². The van der Waals surface area contributed by atoms with Gasteiger partial charge in [-0.1, -0.05) is 6.07 Å². The predicted octanol–water partition coefficient (Wildman–Crippen LogP) is 3.98. The molecule has 2 aliphatic heterocycles. The van der Waals surface area contributed by atoms with E-state index in [-0.39, 0.29) is 17.9 Å². The van der Waals surface area contributed by atoms with Gasteiger partial charge in [0.1, 0.15) is 17.2 Å². The van der Waals surface area contributed by atoms with Crippen LogP contribution in [-0.2, 0) is 4.74 Å². The number of aromatic nitrogens is 2. The zero-order valence-electron chi connectivity index (χ0n) is 18.3. The van der Waals surface area contributed by atoms with Crippen molar-refractivity contribution in [1.82, 2.24) is 15.3 Å². The second-order valence-corrected chi connectivity index (χ2v) is 8.73. The summed E-state index contributed by atoms with van der Waals surface area (Å²) in [5.41, 5.74) is 8.76. The van der Waals surface area contributed by atoms with Gasteiger partial charge in [0.05, 0.1) is 19.3 Å². The number of hydrogen-bond acceptors (Lipinski definition) is 6. The van der Waals surface area contributed by atoms with E-state index in [2.05, 4.69) is 15.3 Å². The first-order chi connectivity index (χ1) is 15.9. The largest absolute Gasteiger partial charge is 0.487 e. The zero-order valence-corrected chi connectivity index (χ0v) is 18.3. The molecule has 1 atom stereocenters. The zero-order chi connectivity index (χ0) is 23.0. The van der Waals surface area contributed by atoms with Crippen LogP contribution in [-0.4, -0.2) is 34.7 Å². The topological polar surface area (TPSA) is 99.4 Å². The second-order valence-electron chi connectivity index (χ2n) is 8.73. The molecule has 0 radical (unpaired) electrons. The number of rotatable bonds is 3. The number of nitrogen functional groups attached to an aromatic ring is 1. The molecule has 1 unspecified atom stereocenters. The van der Waals surface area contributed by atoms with Gasteiger partial charge in [-0.2, -0.15) is 0 Å². The van der Waals surface area contributed by atoms with Crippen molar-refractivity contribution in [2.75, 3.05) is 18.9 Å². The van der Waals surface area contributed by atoms with E-state index in [1.54, 1.807) is 25.4 Å². The van der Waals surface area contributed by atoms with E-state index in [0.29, 0.717) is 30.8 Å². The van der Waals surface area contributed by atoms with Gasteiger partial charge in [0.25, 0.3) is 5.91 Å². The number of carbonyl (C=O) groups excluding carboxylic acids is 1. The number of benzene rings is 2. The van der Waals surface area contributed by atoms with Crippen LogP contribution in [0.4, 0.5) is 10.3 Å². The number of hydrogen-bond donors (Lipinski definition) is 2. The molecule has 1 amide bonds. The second kappa shape index (κ2) is 8.44. The summed E-state index contributed by atoms with van der Waals surface area (Å²) in [6, 6.07) is 9.89. The van der Waals surface area contributed by atoms with Crippen molar-refractivity contribution in [3.63, 3.8) is 0 Å². The molecular formula is C25H25FN4O3. The van der Waals surface area contributed by atoms with E-state index >= 15 is 0 Å². The van der Waals surface area contributed by atoms with Crippen molar-refractivity contribution in [3.05, 3.63) is 71.3 Å². The van der Waals surface area contributed by atoms with Crippen LogP contribution in [0, 0.1) is 12.7 Å². The summed E-state index contributed by atoms with van der Waals surface area (Å²) in [6.07, 6.45) is 5.41. The fraction of sp³-hybridized carbons (Fsp3) is 0.320. The lowest BCUT2D eigenvalue weighted by molar-refractivity contribution is -0.0639. The van der Waals surface area contributed by atoms with E-state index in [4.69, 9.17) is 15.2 Å². The molecule has 1 saturated heterocycles. The van der Waals surface area contributed by atoms with Gasteiger partial charge in [-0.15, -0.1) is 0 Å². The Morgan fingerprint density at radius 1 is 1.12 bits per heavy atom. The highest BCUT2D eigenvalue weighted by atomic mass is 19.1. The molecule has 33 heavy (non-hydrogen) atoms. The number of nitrogens with two attached hydrogens (primary N) is 1. The number of ether oxygens (including phenoxy) is 2. The number of fused-ring (bicyclic) bond motifs is 1. The van der Waals surface area contributed by atoms with Crippen molar-refractivity contribution in [2.24, 2.45) is 0 Å². The molecule has 7 nitrogen and oxygen atoms in total. The standard InChI is InChI=1S/C25H25FN4O3/c1-15-8-17(10-19(26)9-15)23(31)30-21-12-25(4-6-32-7-5-25)33-22-3-2-16(11-20(21)22)18-13-28-24(27)29-14-18/h2-3,8-11,13-14,21H,4-7,12H2,1H3,(H,30,31)(H2,27,28,29). The van der Waals surface area contributed by atoms with E-state index in [1.165, 1.54) is 12.1 Å². The van der Waals surface area contributed by atoms with Crippen LogP contribution < -0.4 is 15.8 Å². The molecular weight excluding hydrogens is 423 g/mol. The summed E-state index contributed by atoms with van der Waals surface area (Å²) in [4.78, 5) is 21.3. The van der Waals surface area contributed by atoms with Crippen LogP contribution in [0.2, 0.25) is 0 Å². The number of anilines is 1. The van der Waals surface area contributed by atoms with E-state index < -0.39 is 11.4 Å². The summed E-state index contributed by atoms with van der Waals surface area (Å²) in [5.74, 6) is 0.180. The average molecular weight is 448 g/mol. The van der Waals surface area contributed by atoms with Crippen LogP contribution in [0.25, 0.3) is 11.1 Å². The Hall–Kier alpha value is -3.52. The Kier molecular flexibility index (Phi) is 5.46. The molecule has 8 heteroatoms. The number of nitrogens with zero attached hydrogens (tertiary/aromatic N) is 2. The number of carbonyl (C=O) groups is 1. The van der Waals surface area contributed by atoms with Gasteiger partial charge in [-0.3, -0.25) is 4.79 Å². The van der Waals surface area contributed by atoms with Crippen LogP contribution in [0.3, 0.4) is 0 Å². The predicted molar refractivity (Wildman–Crippen MR) is 121 cm³/mol. The van der Waals surface area contributed by atoms with Crippen molar-refractivity contribution in [1.29, 1.82) is 0 Å². The van der Waals surface area contributed by atoms with E-state index in [9.17, 15) is 9.18 Å². The molecule has 2 aromatic carbocycles. The van der Waals surface area contributed by atoms with Gasteiger partial charge in [0.15, 0.2) is 0 Å². The lowest BCUT2D eigenvalue weighted by Crippen LogP contribution is -2.48. The third-order valence-electron chi connectivity index (χ3n) is 6.31. The number of aryl methyl sites for hydroxylation is 1. The summed E-state index contributed by atoms with van der Waals surface area (Å²) in [7, 11) is 0. The molecule has 0 aliphatic carbocycles. The highest BCUT2D eigenvalue weighted by Crippen LogP contribution is 2.45. The molecule has 3 heterocycles. The van der Waals surface area contributed by atoms with Crippen molar-refractivity contribution < 1.29 is 18.7 Å². The first-order valence-electron chi connectivity index (χ1n) is 11.0. The maximum absolute atomic E-state index is 13.9. The van der Waals surface area contributed by atoms with Crippen LogP contribution in [0.15, 0.2) is 48.8 Å². The molecule has 1 fully saturated rings. The van der Waals surface area contributed by atoms with E-state index in [0.717, 1.165) is 35.3 Å². The number of amides is 1. The highest BCUT2D eigenvalue weighted by molar-refractivity contribution is 5.94. The fourth-order valence-electron chi connectivity index (χ4n) is 4.62. The molecule has 5 rings (SSSR count). The fourth-order valence-corrected chi connectivity index (χ4v) is 4.62. The lowest BCUT2D eigenvalue weighted by atomic mass is 9.81. The minimum absolute atomic E-state index is 0.206. The van der Waals surface area contributed by atoms with Crippen LogP contribution >= 0.6 is 0 Å². The Balaban J connectivity index is 1.51. The van der Waals surface area contributed by atoms with Gasteiger partial charge in [-0.05, 0) is 48.4 Å².